The van der Waals surface area contributed by atoms with Crippen molar-refractivity contribution in [3.8, 4) is 0 Å². The van der Waals surface area contributed by atoms with Crippen molar-refractivity contribution in [2.24, 2.45) is 22.7 Å². The maximum atomic E-state index is 11.0. The summed E-state index contributed by atoms with van der Waals surface area (Å²) in [5, 5.41) is 0. The van der Waals surface area contributed by atoms with Gasteiger partial charge in [-0.15, -0.1) is 0 Å². The standard InChI is InChI=1S/C17H19NO/c19-11-15-3-1-2-4-16(15)18-17-8-12-5-13(9-17)7-14(6-12)10-17/h1-4,12-14H,5-10H2. The van der Waals surface area contributed by atoms with Gasteiger partial charge in [0.15, 0.2) is 0 Å². The topological polar surface area (TPSA) is 29.4 Å². The molecule has 0 radical (unpaired) electrons. The third-order valence-electron chi connectivity index (χ3n) is 5.38. The Bertz CT molecular complexity index is 510. The Morgan fingerprint density at radius 3 is 2.16 bits per heavy atom. The zero-order valence-corrected chi connectivity index (χ0v) is 11.1. The first-order valence-corrected chi connectivity index (χ1v) is 7.46. The van der Waals surface area contributed by atoms with E-state index in [0.29, 0.717) is 5.57 Å². The zero-order chi connectivity index (χ0) is 12.9. The number of hydrogen-bond donors (Lipinski definition) is 0. The van der Waals surface area contributed by atoms with Gasteiger partial charge in [-0.3, -0.25) is 4.99 Å². The fourth-order valence-electron chi connectivity index (χ4n) is 5.11. The Morgan fingerprint density at radius 1 is 1.00 bits per heavy atom. The van der Waals surface area contributed by atoms with E-state index in [0.717, 1.165) is 23.5 Å². The van der Waals surface area contributed by atoms with Crippen LogP contribution in [0.1, 0.15) is 38.5 Å². The number of allylic oxidation sites excluding steroid dienone is 5. The molecule has 0 aromatic rings. The molecule has 0 unspecified atom stereocenters. The molecule has 5 aliphatic rings. The molecule has 0 aromatic heterocycles. The summed E-state index contributed by atoms with van der Waals surface area (Å²) < 4.78 is 0. The molecule has 0 spiro atoms. The van der Waals surface area contributed by atoms with Crippen LogP contribution in [0.15, 0.2) is 34.9 Å². The quantitative estimate of drug-likeness (QED) is 0.659. The van der Waals surface area contributed by atoms with Crippen molar-refractivity contribution in [3.05, 3.63) is 29.9 Å². The van der Waals surface area contributed by atoms with Crippen molar-refractivity contribution >= 4 is 11.7 Å². The van der Waals surface area contributed by atoms with Crippen LogP contribution in [-0.4, -0.2) is 17.2 Å². The highest BCUT2D eigenvalue weighted by atomic mass is 16.1. The first-order valence-electron chi connectivity index (χ1n) is 7.46. The lowest BCUT2D eigenvalue weighted by atomic mass is 9.53. The lowest BCUT2D eigenvalue weighted by Gasteiger charge is -2.55. The number of carbonyl (C=O) groups excluding carboxylic acids is 1. The van der Waals surface area contributed by atoms with E-state index in [1.807, 2.05) is 30.2 Å². The van der Waals surface area contributed by atoms with Crippen LogP contribution >= 0.6 is 0 Å². The molecule has 0 amide bonds. The molecule has 0 N–H and O–H groups in total. The number of rotatable bonds is 1. The second-order valence-electron chi connectivity index (χ2n) is 6.87. The van der Waals surface area contributed by atoms with E-state index in [4.69, 9.17) is 4.99 Å². The highest BCUT2D eigenvalue weighted by Gasteiger charge is 2.51. The Morgan fingerprint density at radius 2 is 1.58 bits per heavy atom. The van der Waals surface area contributed by atoms with Gasteiger partial charge in [-0.1, -0.05) is 12.2 Å². The van der Waals surface area contributed by atoms with Gasteiger partial charge in [0.1, 0.15) is 5.94 Å². The van der Waals surface area contributed by atoms with Crippen molar-refractivity contribution in [2.45, 2.75) is 44.1 Å². The maximum Gasteiger partial charge on any atom is 0.134 e. The van der Waals surface area contributed by atoms with Crippen molar-refractivity contribution in [1.29, 1.82) is 0 Å². The minimum absolute atomic E-state index is 0.141. The van der Waals surface area contributed by atoms with Gasteiger partial charge in [0.05, 0.1) is 16.8 Å². The molecule has 5 aliphatic carbocycles. The van der Waals surface area contributed by atoms with E-state index in [2.05, 4.69) is 0 Å². The van der Waals surface area contributed by atoms with E-state index in [1.54, 1.807) is 0 Å². The van der Waals surface area contributed by atoms with Crippen LogP contribution in [-0.2, 0) is 4.79 Å². The Labute approximate surface area is 114 Å². The van der Waals surface area contributed by atoms with Gasteiger partial charge >= 0.3 is 0 Å². The summed E-state index contributed by atoms with van der Waals surface area (Å²) in [6.45, 7) is 0. The van der Waals surface area contributed by atoms with Gasteiger partial charge in [0.25, 0.3) is 0 Å². The van der Waals surface area contributed by atoms with Crippen molar-refractivity contribution in [2.75, 3.05) is 0 Å². The second-order valence-corrected chi connectivity index (χ2v) is 6.87. The number of aliphatic imine (C=N–C) groups is 1. The summed E-state index contributed by atoms with van der Waals surface area (Å²) in [7, 11) is 0. The SMILES string of the molecule is O=C=C1C=CC=CC1=NC12CC3CC(CC(C3)C1)C2. The van der Waals surface area contributed by atoms with Crippen molar-refractivity contribution in [3.63, 3.8) is 0 Å². The maximum absolute atomic E-state index is 11.0. The van der Waals surface area contributed by atoms with E-state index in [9.17, 15) is 4.79 Å². The number of hydrogen-bond acceptors (Lipinski definition) is 2. The highest BCUT2D eigenvalue weighted by Crippen LogP contribution is 2.57. The van der Waals surface area contributed by atoms with Gasteiger partial charge in [-0.25, -0.2) is 4.79 Å². The van der Waals surface area contributed by atoms with Crippen molar-refractivity contribution < 1.29 is 4.79 Å². The van der Waals surface area contributed by atoms with Crippen LogP contribution < -0.4 is 0 Å². The highest BCUT2D eigenvalue weighted by molar-refractivity contribution is 6.16. The molecule has 2 nitrogen and oxygen atoms in total. The summed E-state index contributed by atoms with van der Waals surface area (Å²) in [4.78, 5) is 16.1. The van der Waals surface area contributed by atoms with Gasteiger partial charge in [-0.05, 0) is 68.4 Å². The predicted octanol–water partition coefficient (Wildman–Crippen LogP) is 3.28. The molecule has 0 atom stereocenters. The smallest absolute Gasteiger partial charge is 0.134 e. The Balaban J connectivity index is 1.71. The molecule has 4 saturated carbocycles. The third-order valence-corrected chi connectivity index (χ3v) is 5.38. The fraction of sp³-hybridized carbons (Fsp3) is 0.588. The lowest BCUT2D eigenvalue weighted by Crippen LogP contribution is -2.49. The van der Waals surface area contributed by atoms with Crippen LogP contribution in [0.4, 0.5) is 0 Å². The minimum atomic E-state index is 0.141. The normalized spacial score (nSPS) is 44.9. The Hall–Kier alpha value is -1.40. The first kappa shape index (κ1) is 11.4. The third kappa shape index (κ3) is 1.86. The largest absolute Gasteiger partial charge is 0.277 e. The van der Waals surface area contributed by atoms with E-state index >= 15 is 0 Å². The lowest BCUT2D eigenvalue weighted by molar-refractivity contribution is 0.00176. The molecule has 2 heteroatoms. The van der Waals surface area contributed by atoms with Crippen LogP contribution in [0.2, 0.25) is 0 Å². The second kappa shape index (κ2) is 4.05. The summed E-state index contributed by atoms with van der Waals surface area (Å²) >= 11 is 0. The van der Waals surface area contributed by atoms with Gasteiger partial charge in [0, 0.05) is 0 Å². The van der Waals surface area contributed by atoms with Crippen LogP contribution in [0.25, 0.3) is 0 Å². The summed E-state index contributed by atoms with van der Waals surface area (Å²) in [6, 6.07) is 0. The predicted molar refractivity (Wildman–Crippen MR) is 75.8 cm³/mol. The van der Waals surface area contributed by atoms with E-state index < -0.39 is 0 Å². The molecule has 4 fully saturated rings. The monoisotopic (exact) mass is 253 g/mol. The molecule has 0 heterocycles. The van der Waals surface area contributed by atoms with Gasteiger partial charge in [0.2, 0.25) is 0 Å². The zero-order valence-electron chi connectivity index (χ0n) is 11.1. The van der Waals surface area contributed by atoms with E-state index in [-0.39, 0.29) is 5.54 Å². The summed E-state index contributed by atoms with van der Waals surface area (Å²) in [5.74, 6) is 4.71. The number of nitrogens with zero attached hydrogens (tertiary/aromatic N) is 1. The average molecular weight is 253 g/mol. The molecule has 4 bridgehead atoms. The molecular weight excluding hydrogens is 234 g/mol. The molecule has 19 heavy (non-hydrogen) atoms. The molecular formula is C17H19NO. The Kier molecular flexibility index (Phi) is 2.43. The van der Waals surface area contributed by atoms with Crippen LogP contribution in [0.3, 0.4) is 0 Å². The summed E-state index contributed by atoms with van der Waals surface area (Å²) in [6.07, 6.45) is 15.7. The van der Waals surface area contributed by atoms with Gasteiger partial charge < -0.3 is 0 Å². The minimum Gasteiger partial charge on any atom is -0.277 e. The first-order chi connectivity index (χ1) is 9.26. The molecule has 0 aliphatic heterocycles. The van der Waals surface area contributed by atoms with Crippen molar-refractivity contribution in [1.82, 2.24) is 0 Å². The molecule has 98 valence electrons. The molecule has 0 aromatic carbocycles. The van der Waals surface area contributed by atoms with Crippen LogP contribution in [0.5, 0.6) is 0 Å². The fourth-order valence-corrected chi connectivity index (χ4v) is 5.11. The van der Waals surface area contributed by atoms with Crippen LogP contribution in [0, 0.1) is 17.8 Å². The summed E-state index contributed by atoms with van der Waals surface area (Å²) in [5.41, 5.74) is 1.62. The van der Waals surface area contributed by atoms with E-state index in [1.165, 1.54) is 38.5 Å². The molecule has 5 rings (SSSR count). The average Bonchev–Trinajstić information content (AvgIpc) is 2.37. The van der Waals surface area contributed by atoms with Gasteiger partial charge in [-0.2, -0.15) is 0 Å². The molecule has 0 saturated heterocycles.